The molecule has 0 fully saturated rings. The first kappa shape index (κ1) is 15.1. The molecule has 2 aromatic rings. The largest absolute Gasteiger partial charge is 0.497 e. The van der Waals surface area contributed by atoms with E-state index in [-0.39, 0.29) is 11.9 Å². The van der Waals surface area contributed by atoms with Gasteiger partial charge in [-0.2, -0.15) is 0 Å². The molecule has 118 valence electrons. The highest BCUT2D eigenvalue weighted by Gasteiger charge is 2.25. The Kier molecular flexibility index (Phi) is 4.02. The van der Waals surface area contributed by atoms with Gasteiger partial charge in [-0.25, -0.2) is 4.79 Å². The lowest BCUT2D eigenvalue weighted by atomic mass is 9.98. The molecule has 0 saturated carbocycles. The lowest BCUT2D eigenvalue weighted by Gasteiger charge is -2.29. The van der Waals surface area contributed by atoms with E-state index in [0.29, 0.717) is 17.7 Å². The topological polar surface area (TPSA) is 55.8 Å². The molecule has 0 N–H and O–H groups in total. The molecule has 5 nitrogen and oxygen atoms in total. The summed E-state index contributed by atoms with van der Waals surface area (Å²) >= 11 is 0. The number of anilines is 1. The molecule has 2 aromatic carbocycles. The van der Waals surface area contributed by atoms with E-state index < -0.39 is 0 Å². The average Bonchev–Trinajstić information content (AvgIpc) is 2.61. The zero-order valence-electron chi connectivity index (χ0n) is 13.0. The monoisotopic (exact) mass is 311 g/mol. The third kappa shape index (κ3) is 2.77. The van der Waals surface area contributed by atoms with E-state index >= 15 is 0 Å². The lowest BCUT2D eigenvalue weighted by molar-refractivity contribution is 0.0600. The van der Waals surface area contributed by atoms with Crippen molar-refractivity contribution in [1.29, 1.82) is 0 Å². The van der Waals surface area contributed by atoms with Crippen LogP contribution in [-0.4, -0.2) is 32.6 Å². The number of nitrogens with zero attached hydrogens (tertiary/aromatic N) is 1. The summed E-state index contributed by atoms with van der Waals surface area (Å²) in [5, 5.41) is 0. The van der Waals surface area contributed by atoms with Crippen molar-refractivity contribution in [2.45, 2.75) is 6.42 Å². The van der Waals surface area contributed by atoms with Crippen molar-refractivity contribution in [3.05, 3.63) is 59.2 Å². The fraction of sp³-hybridized carbons (Fsp3) is 0.222. The SMILES string of the molecule is COC(=O)c1ccc(N2CCc3cc(OC)ccc3C2=O)cc1. The van der Waals surface area contributed by atoms with Crippen LogP contribution in [0.3, 0.4) is 0 Å². The number of methoxy groups -OCH3 is 2. The number of amides is 1. The highest BCUT2D eigenvalue weighted by atomic mass is 16.5. The first-order chi connectivity index (χ1) is 11.1. The molecule has 0 radical (unpaired) electrons. The zero-order valence-corrected chi connectivity index (χ0v) is 13.0. The standard InChI is InChI=1S/C18H17NO4/c1-22-15-7-8-16-13(11-15)9-10-19(17(16)20)14-5-3-12(4-6-14)18(21)23-2/h3-8,11H,9-10H2,1-2H3. The van der Waals surface area contributed by atoms with Crippen molar-refractivity contribution < 1.29 is 19.1 Å². The van der Waals surface area contributed by atoms with E-state index in [9.17, 15) is 9.59 Å². The van der Waals surface area contributed by atoms with Gasteiger partial charge in [-0.1, -0.05) is 0 Å². The van der Waals surface area contributed by atoms with E-state index in [1.807, 2.05) is 6.07 Å². The summed E-state index contributed by atoms with van der Waals surface area (Å²) < 4.78 is 9.88. The molecule has 1 amide bonds. The van der Waals surface area contributed by atoms with Crippen LogP contribution in [0.2, 0.25) is 0 Å². The Morgan fingerprint density at radius 2 is 1.83 bits per heavy atom. The Morgan fingerprint density at radius 3 is 2.48 bits per heavy atom. The molecule has 0 spiro atoms. The van der Waals surface area contributed by atoms with Gasteiger partial charge in [0.15, 0.2) is 0 Å². The Bertz CT molecular complexity index is 752. The van der Waals surface area contributed by atoms with Crippen molar-refractivity contribution in [3.8, 4) is 5.75 Å². The highest BCUT2D eigenvalue weighted by Crippen LogP contribution is 2.27. The molecule has 1 aliphatic rings. The first-order valence-corrected chi connectivity index (χ1v) is 7.31. The summed E-state index contributed by atoms with van der Waals surface area (Å²) in [4.78, 5) is 25.9. The number of carbonyl (C=O) groups excluding carboxylic acids is 2. The van der Waals surface area contributed by atoms with Crippen LogP contribution >= 0.6 is 0 Å². The van der Waals surface area contributed by atoms with Gasteiger partial charge in [-0.3, -0.25) is 4.79 Å². The van der Waals surface area contributed by atoms with Gasteiger partial charge in [-0.15, -0.1) is 0 Å². The molecular weight excluding hydrogens is 294 g/mol. The highest BCUT2D eigenvalue weighted by molar-refractivity contribution is 6.08. The smallest absolute Gasteiger partial charge is 0.337 e. The summed E-state index contributed by atoms with van der Waals surface area (Å²) in [7, 11) is 2.96. The summed E-state index contributed by atoms with van der Waals surface area (Å²) in [5.74, 6) is 0.325. The van der Waals surface area contributed by atoms with Crippen LogP contribution in [0.1, 0.15) is 26.3 Å². The molecule has 0 saturated heterocycles. The minimum atomic E-state index is -0.390. The minimum absolute atomic E-state index is 0.0419. The second-order valence-corrected chi connectivity index (χ2v) is 5.27. The first-order valence-electron chi connectivity index (χ1n) is 7.31. The van der Waals surface area contributed by atoms with E-state index in [1.165, 1.54) is 7.11 Å². The van der Waals surface area contributed by atoms with Crippen LogP contribution in [-0.2, 0) is 11.2 Å². The molecule has 0 unspecified atom stereocenters. The maximum absolute atomic E-state index is 12.7. The van der Waals surface area contributed by atoms with Gasteiger partial charge in [0.05, 0.1) is 19.8 Å². The van der Waals surface area contributed by atoms with E-state index in [0.717, 1.165) is 23.4 Å². The Labute approximate surface area is 134 Å². The number of hydrogen-bond donors (Lipinski definition) is 0. The van der Waals surface area contributed by atoms with Crippen molar-refractivity contribution in [1.82, 2.24) is 0 Å². The maximum Gasteiger partial charge on any atom is 0.337 e. The van der Waals surface area contributed by atoms with Crippen LogP contribution < -0.4 is 9.64 Å². The number of benzene rings is 2. The van der Waals surface area contributed by atoms with Gasteiger partial charge in [0.25, 0.3) is 5.91 Å². The van der Waals surface area contributed by atoms with Gasteiger partial charge >= 0.3 is 5.97 Å². The fourth-order valence-corrected chi connectivity index (χ4v) is 2.73. The second-order valence-electron chi connectivity index (χ2n) is 5.27. The lowest BCUT2D eigenvalue weighted by Crippen LogP contribution is -2.37. The maximum atomic E-state index is 12.7. The summed E-state index contributed by atoms with van der Waals surface area (Å²) in [5.41, 5.74) is 2.92. The van der Waals surface area contributed by atoms with Crippen molar-refractivity contribution in [3.63, 3.8) is 0 Å². The number of hydrogen-bond acceptors (Lipinski definition) is 4. The molecular formula is C18H17NO4. The van der Waals surface area contributed by atoms with Crippen molar-refractivity contribution in [2.75, 3.05) is 25.7 Å². The molecule has 0 aromatic heterocycles. The predicted molar refractivity (Wildman–Crippen MR) is 86.2 cm³/mol. The number of carbonyl (C=O) groups is 2. The molecule has 1 aliphatic heterocycles. The predicted octanol–water partition coefficient (Wildman–Crippen LogP) is 2.68. The van der Waals surface area contributed by atoms with Crippen LogP contribution in [0, 0.1) is 0 Å². The number of ether oxygens (including phenoxy) is 2. The van der Waals surface area contributed by atoms with Crippen LogP contribution in [0.15, 0.2) is 42.5 Å². The summed E-state index contributed by atoms with van der Waals surface area (Å²) in [6.07, 6.45) is 0.761. The average molecular weight is 311 g/mol. The Morgan fingerprint density at radius 1 is 1.09 bits per heavy atom. The molecule has 3 rings (SSSR count). The third-order valence-electron chi connectivity index (χ3n) is 3.99. The van der Waals surface area contributed by atoms with Gasteiger partial charge in [0, 0.05) is 17.8 Å². The molecule has 23 heavy (non-hydrogen) atoms. The van der Waals surface area contributed by atoms with E-state index in [2.05, 4.69) is 4.74 Å². The normalized spacial score (nSPS) is 13.5. The number of esters is 1. The molecule has 1 heterocycles. The molecule has 0 atom stereocenters. The van der Waals surface area contributed by atoms with Crippen molar-refractivity contribution in [2.24, 2.45) is 0 Å². The quantitative estimate of drug-likeness (QED) is 0.818. The Balaban J connectivity index is 1.87. The van der Waals surface area contributed by atoms with Gasteiger partial charge in [0.2, 0.25) is 0 Å². The third-order valence-corrected chi connectivity index (χ3v) is 3.99. The fourth-order valence-electron chi connectivity index (χ4n) is 2.73. The van der Waals surface area contributed by atoms with Crippen molar-refractivity contribution >= 4 is 17.6 Å². The molecule has 0 bridgehead atoms. The van der Waals surface area contributed by atoms with E-state index in [1.54, 1.807) is 48.4 Å². The minimum Gasteiger partial charge on any atom is -0.497 e. The van der Waals surface area contributed by atoms with Gasteiger partial charge in [0.1, 0.15) is 5.75 Å². The van der Waals surface area contributed by atoms with Gasteiger partial charge in [-0.05, 0) is 54.4 Å². The number of fused-ring (bicyclic) bond motifs is 1. The Hall–Kier alpha value is -2.82. The zero-order chi connectivity index (χ0) is 16.4. The van der Waals surface area contributed by atoms with Gasteiger partial charge < -0.3 is 14.4 Å². The second kappa shape index (κ2) is 6.12. The molecule has 0 aliphatic carbocycles. The van der Waals surface area contributed by atoms with E-state index in [4.69, 9.17) is 4.74 Å². The van der Waals surface area contributed by atoms with Crippen LogP contribution in [0.4, 0.5) is 5.69 Å². The van der Waals surface area contributed by atoms with Crippen LogP contribution in [0.25, 0.3) is 0 Å². The summed E-state index contributed by atoms with van der Waals surface area (Å²) in [6, 6.07) is 12.4. The van der Waals surface area contributed by atoms with Crippen LogP contribution in [0.5, 0.6) is 5.75 Å². The summed E-state index contributed by atoms with van der Waals surface area (Å²) in [6.45, 7) is 0.594. The molecule has 5 heteroatoms. The number of rotatable bonds is 3.